The van der Waals surface area contributed by atoms with Crippen LogP contribution in [0.1, 0.15) is 30.6 Å². The predicted octanol–water partition coefficient (Wildman–Crippen LogP) is 2.99. The van der Waals surface area contributed by atoms with Gasteiger partial charge in [-0.15, -0.1) is 0 Å². The third-order valence-electron chi connectivity index (χ3n) is 3.97. The van der Waals surface area contributed by atoms with E-state index in [0.29, 0.717) is 0 Å². The van der Waals surface area contributed by atoms with Gasteiger partial charge in [0.2, 0.25) is 0 Å². The fourth-order valence-corrected chi connectivity index (χ4v) is 2.76. The van der Waals surface area contributed by atoms with E-state index in [1.807, 2.05) is 31.3 Å². The number of nitrogens with zero attached hydrogens (tertiary/aromatic N) is 4. The summed E-state index contributed by atoms with van der Waals surface area (Å²) in [5, 5.41) is 6.89. The molecular weight excluding hydrogens is 330 g/mol. The van der Waals surface area contributed by atoms with E-state index in [0.717, 1.165) is 54.3 Å². The van der Waals surface area contributed by atoms with Gasteiger partial charge in [0.25, 0.3) is 6.47 Å². The second-order valence-corrected chi connectivity index (χ2v) is 5.99. The molecule has 0 saturated carbocycles. The maximum Gasteiger partial charge on any atom is 0.290 e. The number of benzene rings is 1. The molecule has 26 heavy (non-hydrogen) atoms. The highest BCUT2D eigenvalue weighted by Gasteiger charge is 2.11. The Morgan fingerprint density at radius 3 is 2.65 bits per heavy atom. The Morgan fingerprint density at radius 2 is 1.96 bits per heavy atom. The van der Waals surface area contributed by atoms with Crippen LogP contribution in [0.15, 0.2) is 30.5 Å². The van der Waals surface area contributed by atoms with Crippen molar-refractivity contribution in [2.24, 2.45) is 0 Å². The van der Waals surface area contributed by atoms with E-state index in [1.54, 1.807) is 0 Å². The normalized spacial score (nSPS) is 10.3. The SMILES string of the molecule is CCCc1cnc(C)nc1N(C)CCc1nc2ccccc2[nH]1.O=CO. The lowest BCUT2D eigenvalue weighted by atomic mass is 10.1. The molecule has 1 aromatic carbocycles. The lowest BCUT2D eigenvalue weighted by Gasteiger charge is -2.20. The highest BCUT2D eigenvalue weighted by atomic mass is 16.3. The number of anilines is 1. The first-order valence-electron chi connectivity index (χ1n) is 8.64. The Balaban J connectivity index is 0.000000758. The molecule has 2 heterocycles. The maximum absolute atomic E-state index is 8.36. The molecule has 0 aliphatic carbocycles. The number of aromatic amines is 1. The number of H-pyrrole nitrogens is 1. The number of fused-ring (bicyclic) bond motifs is 1. The molecule has 3 aromatic rings. The maximum atomic E-state index is 8.36. The Hall–Kier alpha value is -2.96. The molecule has 0 atom stereocenters. The Kier molecular flexibility index (Phi) is 7.08. The van der Waals surface area contributed by atoms with E-state index in [2.05, 4.69) is 44.9 Å². The summed E-state index contributed by atoms with van der Waals surface area (Å²) in [5.41, 5.74) is 3.33. The number of nitrogens with one attached hydrogen (secondary N) is 1. The summed E-state index contributed by atoms with van der Waals surface area (Å²) in [4.78, 5) is 27.5. The molecule has 7 nitrogen and oxygen atoms in total. The zero-order chi connectivity index (χ0) is 18.9. The quantitative estimate of drug-likeness (QED) is 0.660. The van der Waals surface area contributed by atoms with Crippen molar-refractivity contribution in [3.63, 3.8) is 0 Å². The molecule has 3 rings (SSSR count). The molecule has 2 aromatic heterocycles. The van der Waals surface area contributed by atoms with Crippen molar-refractivity contribution in [1.29, 1.82) is 0 Å². The van der Waals surface area contributed by atoms with Crippen LogP contribution in [0.5, 0.6) is 0 Å². The molecule has 7 heteroatoms. The minimum absolute atomic E-state index is 0.250. The summed E-state index contributed by atoms with van der Waals surface area (Å²) in [6.07, 6.45) is 4.92. The first-order chi connectivity index (χ1) is 12.6. The average Bonchev–Trinajstić information content (AvgIpc) is 3.05. The Morgan fingerprint density at radius 1 is 1.23 bits per heavy atom. The Bertz CT molecular complexity index is 814. The van der Waals surface area contributed by atoms with Crippen LogP contribution in [0.25, 0.3) is 11.0 Å². The van der Waals surface area contributed by atoms with Crippen molar-refractivity contribution in [2.75, 3.05) is 18.5 Å². The predicted molar refractivity (Wildman–Crippen MR) is 103 cm³/mol. The van der Waals surface area contributed by atoms with Gasteiger partial charge in [-0.3, -0.25) is 4.79 Å². The lowest BCUT2D eigenvalue weighted by molar-refractivity contribution is -0.122. The Labute approximate surface area is 153 Å². The summed E-state index contributed by atoms with van der Waals surface area (Å²) in [6.45, 7) is 4.73. The summed E-state index contributed by atoms with van der Waals surface area (Å²) in [5.74, 6) is 2.87. The number of aromatic nitrogens is 4. The van der Waals surface area contributed by atoms with Gasteiger partial charge in [0.15, 0.2) is 0 Å². The fourth-order valence-electron chi connectivity index (χ4n) is 2.76. The zero-order valence-corrected chi connectivity index (χ0v) is 15.4. The first-order valence-corrected chi connectivity index (χ1v) is 8.64. The van der Waals surface area contributed by atoms with E-state index >= 15 is 0 Å². The van der Waals surface area contributed by atoms with Gasteiger partial charge in [-0.05, 0) is 25.5 Å². The molecule has 0 radical (unpaired) electrons. The van der Waals surface area contributed by atoms with Crippen LogP contribution in [0, 0.1) is 6.92 Å². The zero-order valence-electron chi connectivity index (χ0n) is 15.4. The van der Waals surface area contributed by atoms with Gasteiger partial charge in [0.05, 0.1) is 11.0 Å². The summed E-state index contributed by atoms with van der Waals surface area (Å²) in [7, 11) is 2.09. The number of rotatable bonds is 6. The van der Waals surface area contributed by atoms with Crippen LogP contribution in [-0.2, 0) is 17.6 Å². The van der Waals surface area contributed by atoms with E-state index in [-0.39, 0.29) is 6.47 Å². The molecule has 138 valence electrons. The molecule has 0 spiro atoms. The first kappa shape index (κ1) is 19.4. The van der Waals surface area contributed by atoms with E-state index in [1.165, 1.54) is 5.56 Å². The van der Waals surface area contributed by atoms with Crippen molar-refractivity contribution < 1.29 is 9.90 Å². The van der Waals surface area contributed by atoms with Crippen LogP contribution in [-0.4, -0.2) is 45.1 Å². The summed E-state index contributed by atoms with van der Waals surface area (Å²) in [6, 6.07) is 8.13. The number of aryl methyl sites for hydroxylation is 2. The molecule has 0 aliphatic rings. The van der Waals surface area contributed by atoms with E-state index in [9.17, 15) is 0 Å². The highest BCUT2D eigenvalue weighted by molar-refractivity contribution is 5.74. The topological polar surface area (TPSA) is 95.0 Å². The van der Waals surface area contributed by atoms with Crippen molar-refractivity contribution in [2.45, 2.75) is 33.1 Å². The minimum Gasteiger partial charge on any atom is -0.483 e. The number of para-hydroxylation sites is 2. The summed E-state index contributed by atoms with van der Waals surface area (Å²) < 4.78 is 0. The molecular formula is C19H25N5O2. The number of carbonyl (C=O) groups is 1. The molecule has 0 amide bonds. The van der Waals surface area contributed by atoms with Crippen LogP contribution in [0.3, 0.4) is 0 Å². The van der Waals surface area contributed by atoms with Crippen LogP contribution >= 0.6 is 0 Å². The largest absolute Gasteiger partial charge is 0.483 e. The monoisotopic (exact) mass is 355 g/mol. The standard InChI is InChI=1S/C18H23N5.CH2O2/c1-4-7-14-12-19-13(2)20-18(14)23(3)11-10-17-21-15-8-5-6-9-16(15)22-17;2-1-3/h5-6,8-9,12H,4,7,10-11H2,1-3H3,(H,21,22);1H,(H,2,3). The lowest BCUT2D eigenvalue weighted by Crippen LogP contribution is -2.23. The molecule has 0 aliphatic heterocycles. The minimum atomic E-state index is -0.250. The molecule has 0 saturated heterocycles. The second-order valence-electron chi connectivity index (χ2n) is 5.99. The van der Waals surface area contributed by atoms with Gasteiger partial charge in [0, 0.05) is 31.8 Å². The van der Waals surface area contributed by atoms with Gasteiger partial charge in [0.1, 0.15) is 17.5 Å². The van der Waals surface area contributed by atoms with Crippen molar-refractivity contribution >= 4 is 23.3 Å². The van der Waals surface area contributed by atoms with Gasteiger partial charge in [-0.1, -0.05) is 25.5 Å². The third-order valence-corrected chi connectivity index (χ3v) is 3.97. The van der Waals surface area contributed by atoms with Gasteiger partial charge in [-0.25, -0.2) is 15.0 Å². The number of imidazole rings is 1. The number of likely N-dealkylation sites (N-methyl/N-ethyl adjacent to an activating group) is 1. The summed E-state index contributed by atoms with van der Waals surface area (Å²) >= 11 is 0. The molecule has 0 bridgehead atoms. The van der Waals surface area contributed by atoms with Gasteiger partial charge < -0.3 is 15.0 Å². The van der Waals surface area contributed by atoms with Crippen LogP contribution in [0.4, 0.5) is 5.82 Å². The third kappa shape index (κ3) is 5.02. The van der Waals surface area contributed by atoms with Gasteiger partial charge in [-0.2, -0.15) is 0 Å². The van der Waals surface area contributed by atoms with Crippen molar-refractivity contribution in [3.05, 3.63) is 47.7 Å². The number of carboxylic acid groups (broad SMARTS) is 1. The highest BCUT2D eigenvalue weighted by Crippen LogP contribution is 2.18. The second kappa shape index (κ2) is 9.50. The van der Waals surface area contributed by atoms with E-state index < -0.39 is 0 Å². The molecule has 0 unspecified atom stereocenters. The number of hydrogen-bond donors (Lipinski definition) is 2. The molecule has 2 N–H and O–H groups in total. The average molecular weight is 355 g/mol. The number of hydrogen-bond acceptors (Lipinski definition) is 5. The molecule has 0 fully saturated rings. The van der Waals surface area contributed by atoms with Gasteiger partial charge >= 0.3 is 0 Å². The van der Waals surface area contributed by atoms with Crippen molar-refractivity contribution in [3.8, 4) is 0 Å². The van der Waals surface area contributed by atoms with Crippen LogP contribution in [0.2, 0.25) is 0 Å². The van der Waals surface area contributed by atoms with Crippen molar-refractivity contribution in [1.82, 2.24) is 19.9 Å². The van der Waals surface area contributed by atoms with Crippen LogP contribution < -0.4 is 4.90 Å². The smallest absolute Gasteiger partial charge is 0.290 e. The van der Waals surface area contributed by atoms with E-state index in [4.69, 9.17) is 9.90 Å². The fraction of sp³-hybridized carbons (Fsp3) is 0.368.